The Labute approximate surface area is 117 Å². The van der Waals surface area contributed by atoms with Crippen molar-refractivity contribution in [1.29, 1.82) is 0 Å². The molecular formula is C14H20F3NO2. The van der Waals surface area contributed by atoms with Crippen molar-refractivity contribution in [3.63, 3.8) is 0 Å². The van der Waals surface area contributed by atoms with E-state index >= 15 is 0 Å². The number of nitrogens with one attached hydrogen (secondary N) is 1. The summed E-state index contributed by atoms with van der Waals surface area (Å²) in [5.74, 6) is 0.626. The van der Waals surface area contributed by atoms with Crippen LogP contribution in [0.1, 0.15) is 12.5 Å². The Morgan fingerprint density at radius 1 is 1.15 bits per heavy atom. The normalized spacial score (nSPS) is 13.2. The molecule has 1 N–H and O–H groups in total. The Balaban J connectivity index is 2.25. The van der Waals surface area contributed by atoms with Gasteiger partial charge in [-0.05, 0) is 38.1 Å². The molecule has 0 aliphatic carbocycles. The van der Waals surface area contributed by atoms with Gasteiger partial charge < -0.3 is 14.8 Å². The van der Waals surface area contributed by atoms with Crippen LogP contribution in [0, 0.1) is 0 Å². The quantitative estimate of drug-likeness (QED) is 0.747. The maximum absolute atomic E-state index is 11.8. The summed E-state index contributed by atoms with van der Waals surface area (Å²) in [6.45, 7) is 0.861. The molecule has 3 nitrogen and oxygen atoms in total. The van der Waals surface area contributed by atoms with Crippen LogP contribution in [0.25, 0.3) is 0 Å². The Kier molecular flexibility index (Phi) is 6.81. The van der Waals surface area contributed by atoms with Crippen LogP contribution in [-0.2, 0) is 11.2 Å². The molecule has 0 saturated heterocycles. The monoisotopic (exact) mass is 291 g/mol. The molecule has 0 fully saturated rings. The van der Waals surface area contributed by atoms with Crippen LogP contribution >= 0.6 is 0 Å². The molecule has 0 aromatic heterocycles. The second kappa shape index (κ2) is 8.11. The Morgan fingerprint density at radius 3 is 2.35 bits per heavy atom. The maximum Gasteiger partial charge on any atom is 0.411 e. The minimum absolute atomic E-state index is 0.0853. The molecule has 1 unspecified atom stereocenters. The molecule has 0 spiro atoms. The molecule has 1 atom stereocenters. The number of ether oxygens (including phenoxy) is 2. The summed E-state index contributed by atoms with van der Waals surface area (Å²) in [5, 5.41) is 3.15. The van der Waals surface area contributed by atoms with E-state index in [0.717, 1.165) is 6.42 Å². The van der Waals surface area contributed by atoms with Crippen LogP contribution in [0.4, 0.5) is 13.2 Å². The fraction of sp³-hybridized carbons (Fsp3) is 0.571. The first kappa shape index (κ1) is 16.8. The lowest BCUT2D eigenvalue weighted by atomic mass is 10.1. The maximum atomic E-state index is 11.8. The van der Waals surface area contributed by atoms with E-state index in [1.807, 2.05) is 31.3 Å². The van der Waals surface area contributed by atoms with Crippen molar-refractivity contribution in [1.82, 2.24) is 5.32 Å². The van der Waals surface area contributed by atoms with Gasteiger partial charge in [-0.1, -0.05) is 12.1 Å². The lowest BCUT2D eigenvalue weighted by molar-refractivity contribution is -0.175. The summed E-state index contributed by atoms with van der Waals surface area (Å²) in [6.07, 6.45) is -3.38. The van der Waals surface area contributed by atoms with E-state index < -0.39 is 12.8 Å². The molecule has 0 heterocycles. The van der Waals surface area contributed by atoms with E-state index in [4.69, 9.17) is 4.74 Å². The van der Waals surface area contributed by atoms with Gasteiger partial charge in [-0.25, -0.2) is 0 Å². The molecule has 1 aromatic carbocycles. The van der Waals surface area contributed by atoms with Gasteiger partial charge in [0.15, 0.2) is 0 Å². The second-order valence-corrected chi connectivity index (χ2v) is 4.55. The van der Waals surface area contributed by atoms with Gasteiger partial charge in [0.25, 0.3) is 0 Å². The highest BCUT2D eigenvalue weighted by atomic mass is 19.4. The minimum atomic E-state index is -4.29. The first-order valence-corrected chi connectivity index (χ1v) is 6.44. The summed E-state index contributed by atoms with van der Waals surface area (Å²) in [6, 6.07) is 7.89. The summed E-state index contributed by atoms with van der Waals surface area (Å²) in [4.78, 5) is 0. The van der Waals surface area contributed by atoms with Gasteiger partial charge in [-0.3, -0.25) is 0 Å². The number of benzene rings is 1. The highest BCUT2D eigenvalue weighted by Gasteiger charge is 2.27. The lowest BCUT2D eigenvalue weighted by Gasteiger charge is -2.11. The molecule has 0 aliphatic heterocycles. The number of halogens is 3. The van der Waals surface area contributed by atoms with Crippen LogP contribution in [0.15, 0.2) is 24.3 Å². The van der Waals surface area contributed by atoms with Crippen molar-refractivity contribution in [2.75, 3.05) is 26.9 Å². The average Bonchev–Trinajstić information content (AvgIpc) is 2.39. The zero-order valence-corrected chi connectivity index (χ0v) is 11.7. The zero-order valence-electron chi connectivity index (χ0n) is 11.7. The van der Waals surface area contributed by atoms with Crippen molar-refractivity contribution in [2.24, 2.45) is 0 Å². The van der Waals surface area contributed by atoms with Crippen LogP contribution in [-0.4, -0.2) is 39.1 Å². The number of likely N-dealkylation sites (N-methyl/N-ethyl adjacent to an activating group) is 1. The number of hydrogen-bond acceptors (Lipinski definition) is 3. The topological polar surface area (TPSA) is 30.5 Å². The highest BCUT2D eigenvalue weighted by molar-refractivity contribution is 5.27. The third kappa shape index (κ3) is 7.35. The van der Waals surface area contributed by atoms with Crippen molar-refractivity contribution >= 4 is 0 Å². The largest absolute Gasteiger partial charge is 0.491 e. The van der Waals surface area contributed by atoms with E-state index in [-0.39, 0.29) is 13.2 Å². The molecule has 0 bridgehead atoms. The first-order valence-electron chi connectivity index (χ1n) is 6.44. The Bertz CT molecular complexity index is 379. The summed E-state index contributed by atoms with van der Waals surface area (Å²) < 4.78 is 45.2. The predicted molar refractivity (Wildman–Crippen MR) is 71.0 cm³/mol. The van der Waals surface area contributed by atoms with E-state index in [1.165, 1.54) is 5.56 Å². The third-order valence-corrected chi connectivity index (χ3v) is 2.72. The molecule has 0 amide bonds. The van der Waals surface area contributed by atoms with Gasteiger partial charge in [-0.15, -0.1) is 0 Å². The molecular weight excluding hydrogens is 271 g/mol. The molecule has 1 aromatic rings. The van der Waals surface area contributed by atoms with Crippen molar-refractivity contribution in [3.05, 3.63) is 29.8 Å². The van der Waals surface area contributed by atoms with E-state index in [0.29, 0.717) is 11.8 Å². The van der Waals surface area contributed by atoms with E-state index in [1.54, 1.807) is 0 Å². The average molecular weight is 291 g/mol. The van der Waals surface area contributed by atoms with Crippen LogP contribution < -0.4 is 10.1 Å². The number of hydrogen-bond donors (Lipinski definition) is 1. The van der Waals surface area contributed by atoms with Crippen LogP contribution in [0.3, 0.4) is 0 Å². The smallest absolute Gasteiger partial charge is 0.411 e. The lowest BCUT2D eigenvalue weighted by Crippen LogP contribution is -2.23. The molecule has 6 heteroatoms. The Morgan fingerprint density at radius 2 is 1.80 bits per heavy atom. The minimum Gasteiger partial charge on any atom is -0.491 e. The summed E-state index contributed by atoms with van der Waals surface area (Å²) in [5.41, 5.74) is 1.17. The molecule has 0 saturated carbocycles. The van der Waals surface area contributed by atoms with Gasteiger partial charge in [0, 0.05) is 6.04 Å². The van der Waals surface area contributed by atoms with Gasteiger partial charge in [-0.2, -0.15) is 13.2 Å². The molecule has 114 valence electrons. The molecule has 1 rings (SSSR count). The second-order valence-electron chi connectivity index (χ2n) is 4.55. The fourth-order valence-corrected chi connectivity index (χ4v) is 1.58. The van der Waals surface area contributed by atoms with Crippen molar-refractivity contribution < 1.29 is 22.6 Å². The van der Waals surface area contributed by atoms with Crippen molar-refractivity contribution in [3.8, 4) is 5.75 Å². The SMILES string of the molecule is CNC(C)Cc1ccc(OCCOCC(F)(F)F)cc1. The summed E-state index contributed by atoms with van der Waals surface area (Å²) >= 11 is 0. The highest BCUT2D eigenvalue weighted by Crippen LogP contribution is 2.15. The van der Waals surface area contributed by atoms with Gasteiger partial charge in [0.2, 0.25) is 0 Å². The Hall–Kier alpha value is -1.27. The standard InChI is InChI=1S/C14H20F3NO2/c1-11(18-2)9-12-3-5-13(6-4-12)20-8-7-19-10-14(15,16)17/h3-6,11,18H,7-10H2,1-2H3. The van der Waals surface area contributed by atoms with Gasteiger partial charge >= 0.3 is 6.18 Å². The van der Waals surface area contributed by atoms with Crippen molar-refractivity contribution in [2.45, 2.75) is 25.6 Å². The van der Waals surface area contributed by atoms with Gasteiger partial charge in [0.1, 0.15) is 19.0 Å². The number of rotatable bonds is 8. The molecule has 0 radical (unpaired) electrons. The third-order valence-electron chi connectivity index (χ3n) is 2.72. The summed E-state index contributed by atoms with van der Waals surface area (Å²) in [7, 11) is 1.91. The first-order chi connectivity index (χ1) is 9.40. The molecule has 0 aliphatic rings. The molecule has 20 heavy (non-hydrogen) atoms. The predicted octanol–water partition coefficient (Wildman–Crippen LogP) is 2.79. The van der Waals surface area contributed by atoms with Crippen LogP contribution in [0.2, 0.25) is 0 Å². The van der Waals surface area contributed by atoms with Crippen LogP contribution in [0.5, 0.6) is 5.75 Å². The van der Waals surface area contributed by atoms with E-state index in [2.05, 4.69) is 17.0 Å². The number of alkyl halides is 3. The van der Waals surface area contributed by atoms with Gasteiger partial charge in [0.05, 0.1) is 6.61 Å². The fourth-order valence-electron chi connectivity index (χ4n) is 1.58. The van der Waals surface area contributed by atoms with E-state index in [9.17, 15) is 13.2 Å². The zero-order chi connectivity index (χ0) is 15.0.